The van der Waals surface area contributed by atoms with Gasteiger partial charge in [-0.2, -0.15) is 9.36 Å². The van der Waals surface area contributed by atoms with Gasteiger partial charge in [0.05, 0.1) is 11.9 Å². The number of hydrogen-bond donors (Lipinski definition) is 0. The zero-order valence-corrected chi connectivity index (χ0v) is 12.7. The zero-order chi connectivity index (χ0) is 16.2. The zero-order valence-electron chi connectivity index (χ0n) is 12.7. The molecule has 3 aromatic rings. The monoisotopic (exact) mass is 309 g/mol. The molecule has 116 valence electrons. The molecule has 0 saturated heterocycles. The summed E-state index contributed by atoms with van der Waals surface area (Å²) in [6.45, 7) is 1.93. The van der Waals surface area contributed by atoms with Gasteiger partial charge in [0.2, 0.25) is 0 Å². The van der Waals surface area contributed by atoms with Gasteiger partial charge in [0.25, 0.3) is 0 Å². The molecule has 0 fully saturated rings. The Labute approximate surface area is 132 Å². The first-order valence-electron chi connectivity index (χ1n) is 7.01. The van der Waals surface area contributed by atoms with Crippen LogP contribution in [-0.2, 0) is 7.05 Å². The molecular formula is C16H15N5O2. The Morgan fingerprint density at radius 2 is 1.87 bits per heavy atom. The van der Waals surface area contributed by atoms with Crippen LogP contribution in [-0.4, -0.2) is 26.0 Å². The van der Waals surface area contributed by atoms with E-state index >= 15 is 0 Å². The molecule has 0 spiro atoms. The minimum absolute atomic E-state index is 0.325. The van der Waals surface area contributed by atoms with Gasteiger partial charge < -0.3 is 4.84 Å². The molecule has 0 amide bonds. The molecule has 0 bridgehead atoms. The second-order valence-corrected chi connectivity index (χ2v) is 4.94. The van der Waals surface area contributed by atoms with Crippen LogP contribution in [0.1, 0.15) is 11.1 Å². The molecule has 0 aliphatic carbocycles. The van der Waals surface area contributed by atoms with Crippen molar-refractivity contribution in [3.8, 4) is 11.4 Å². The topological polar surface area (TPSA) is 74.3 Å². The van der Waals surface area contributed by atoms with E-state index in [1.165, 1.54) is 9.36 Å². The van der Waals surface area contributed by atoms with E-state index in [9.17, 15) is 4.79 Å². The summed E-state index contributed by atoms with van der Waals surface area (Å²) in [5.74, 6) is 0.635. The number of para-hydroxylation sites is 1. The van der Waals surface area contributed by atoms with Gasteiger partial charge in [-0.1, -0.05) is 35.5 Å². The van der Waals surface area contributed by atoms with Crippen molar-refractivity contribution in [1.29, 1.82) is 0 Å². The number of aryl methyl sites for hydroxylation is 2. The fourth-order valence-electron chi connectivity index (χ4n) is 2.10. The Morgan fingerprint density at radius 1 is 1.09 bits per heavy atom. The van der Waals surface area contributed by atoms with Crippen molar-refractivity contribution in [2.45, 2.75) is 6.92 Å². The fraction of sp³-hybridized carbons (Fsp3) is 0.125. The summed E-state index contributed by atoms with van der Waals surface area (Å²) in [6.07, 6.45) is 1.57. The smallest absolute Gasteiger partial charge is 0.357 e. The van der Waals surface area contributed by atoms with Gasteiger partial charge >= 0.3 is 5.69 Å². The van der Waals surface area contributed by atoms with E-state index < -0.39 is 0 Å². The van der Waals surface area contributed by atoms with Gasteiger partial charge in [-0.25, -0.2) is 4.79 Å². The fourth-order valence-corrected chi connectivity index (χ4v) is 2.10. The standard InChI is InChI=1S/C16H15N5O2/c1-12-7-6-10-15(21-16(22)20(2)18-19-21)14(12)11-17-23-13-8-4-3-5-9-13/h3-11H,1-2H3/b17-11+. The van der Waals surface area contributed by atoms with E-state index in [0.29, 0.717) is 11.4 Å². The number of oxime groups is 1. The maximum atomic E-state index is 12.1. The summed E-state index contributed by atoms with van der Waals surface area (Å²) in [4.78, 5) is 17.4. The van der Waals surface area contributed by atoms with Crippen LogP contribution >= 0.6 is 0 Å². The SMILES string of the molecule is Cc1cccc(-n2nnn(C)c2=O)c1/C=N/Oc1ccccc1. The van der Waals surface area contributed by atoms with Gasteiger partial charge in [-0.15, -0.1) is 0 Å². The van der Waals surface area contributed by atoms with E-state index in [2.05, 4.69) is 15.6 Å². The maximum absolute atomic E-state index is 12.1. The third kappa shape index (κ3) is 3.03. The molecule has 2 aromatic carbocycles. The van der Waals surface area contributed by atoms with Crippen molar-refractivity contribution >= 4 is 6.21 Å². The van der Waals surface area contributed by atoms with Crippen LogP contribution in [0.25, 0.3) is 5.69 Å². The highest BCUT2D eigenvalue weighted by Gasteiger charge is 2.11. The van der Waals surface area contributed by atoms with Gasteiger partial charge in [0.15, 0.2) is 5.75 Å². The largest absolute Gasteiger partial charge is 0.368 e. The van der Waals surface area contributed by atoms with Crippen LogP contribution in [0.3, 0.4) is 0 Å². The number of benzene rings is 2. The molecule has 0 aliphatic heterocycles. The van der Waals surface area contributed by atoms with Gasteiger partial charge in [0, 0.05) is 12.6 Å². The molecule has 0 radical (unpaired) electrons. The van der Waals surface area contributed by atoms with Crippen molar-refractivity contribution in [2.24, 2.45) is 12.2 Å². The third-order valence-corrected chi connectivity index (χ3v) is 3.33. The van der Waals surface area contributed by atoms with Crippen LogP contribution in [0, 0.1) is 6.92 Å². The Morgan fingerprint density at radius 3 is 2.57 bits per heavy atom. The van der Waals surface area contributed by atoms with Crippen LogP contribution in [0.4, 0.5) is 0 Å². The lowest BCUT2D eigenvalue weighted by molar-refractivity contribution is 0.344. The highest BCUT2D eigenvalue weighted by molar-refractivity contribution is 5.86. The molecule has 0 aliphatic rings. The molecule has 3 rings (SSSR count). The number of rotatable bonds is 4. The summed E-state index contributed by atoms with van der Waals surface area (Å²) in [5.41, 5.74) is 1.96. The molecule has 1 heterocycles. The highest BCUT2D eigenvalue weighted by atomic mass is 16.6. The number of nitrogens with zero attached hydrogens (tertiary/aromatic N) is 5. The Balaban J connectivity index is 1.96. The molecule has 1 aromatic heterocycles. The molecule has 7 nitrogen and oxygen atoms in total. The van der Waals surface area contributed by atoms with Gasteiger partial charge in [-0.3, -0.25) is 0 Å². The third-order valence-electron chi connectivity index (χ3n) is 3.33. The summed E-state index contributed by atoms with van der Waals surface area (Å²) in [6, 6.07) is 14.8. The first kappa shape index (κ1) is 14.7. The number of tetrazole rings is 1. The minimum atomic E-state index is -0.325. The molecule has 0 atom stereocenters. The van der Waals surface area contributed by atoms with Gasteiger partial charge in [-0.05, 0) is 41.1 Å². The lowest BCUT2D eigenvalue weighted by Gasteiger charge is -2.06. The van der Waals surface area contributed by atoms with E-state index in [4.69, 9.17) is 4.84 Å². The predicted molar refractivity (Wildman–Crippen MR) is 86.0 cm³/mol. The first-order chi connectivity index (χ1) is 11.2. The lowest BCUT2D eigenvalue weighted by atomic mass is 10.1. The van der Waals surface area contributed by atoms with Crippen LogP contribution in [0.15, 0.2) is 58.5 Å². The van der Waals surface area contributed by atoms with Crippen LogP contribution in [0.5, 0.6) is 5.75 Å². The Hall–Kier alpha value is -3.22. The molecule has 0 saturated carbocycles. The number of aromatic nitrogens is 4. The van der Waals surface area contributed by atoms with E-state index in [1.54, 1.807) is 19.3 Å². The molecule has 0 unspecified atom stereocenters. The quantitative estimate of drug-likeness (QED) is 0.543. The van der Waals surface area contributed by atoms with Gasteiger partial charge in [0.1, 0.15) is 0 Å². The van der Waals surface area contributed by atoms with Crippen molar-refractivity contribution in [3.05, 3.63) is 70.1 Å². The van der Waals surface area contributed by atoms with Crippen molar-refractivity contribution in [1.82, 2.24) is 19.8 Å². The van der Waals surface area contributed by atoms with E-state index in [1.807, 2.05) is 49.4 Å². The number of hydrogen-bond acceptors (Lipinski definition) is 5. The summed E-state index contributed by atoms with van der Waals surface area (Å²) in [5, 5.41) is 11.6. The average Bonchev–Trinajstić information content (AvgIpc) is 2.89. The van der Waals surface area contributed by atoms with Crippen LogP contribution in [0.2, 0.25) is 0 Å². The van der Waals surface area contributed by atoms with Crippen LogP contribution < -0.4 is 10.5 Å². The van der Waals surface area contributed by atoms with E-state index in [-0.39, 0.29) is 5.69 Å². The van der Waals surface area contributed by atoms with Crippen molar-refractivity contribution < 1.29 is 4.84 Å². The lowest BCUT2D eigenvalue weighted by Crippen LogP contribution is -2.23. The van der Waals surface area contributed by atoms with Crippen molar-refractivity contribution in [2.75, 3.05) is 0 Å². The second kappa shape index (κ2) is 6.27. The first-order valence-corrected chi connectivity index (χ1v) is 7.01. The Kier molecular flexibility index (Phi) is 4.01. The highest BCUT2D eigenvalue weighted by Crippen LogP contribution is 2.15. The van der Waals surface area contributed by atoms with E-state index in [0.717, 1.165) is 11.1 Å². The maximum Gasteiger partial charge on any atom is 0.368 e. The molecular weight excluding hydrogens is 294 g/mol. The summed E-state index contributed by atoms with van der Waals surface area (Å²) >= 11 is 0. The second-order valence-electron chi connectivity index (χ2n) is 4.94. The summed E-state index contributed by atoms with van der Waals surface area (Å²) < 4.78 is 2.40. The molecule has 7 heteroatoms. The normalized spacial score (nSPS) is 11.0. The Bertz CT molecular complexity index is 896. The summed E-state index contributed by atoms with van der Waals surface area (Å²) in [7, 11) is 1.55. The average molecular weight is 309 g/mol. The van der Waals surface area contributed by atoms with Crippen molar-refractivity contribution in [3.63, 3.8) is 0 Å². The molecule has 0 N–H and O–H groups in total. The predicted octanol–water partition coefficient (Wildman–Crippen LogP) is 1.69. The molecule has 23 heavy (non-hydrogen) atoms. The minimum Gasteiger partial charge on any atom is -0.357 e.